The Morgan fingerprint density at radius 1 is 1.41 bits per heavy atom. The summed E-state index contributed by atoms with van der Waals surface area (Å²) in [6, 6.07) is 3.38. The highest BCUT2D eigenvalue weighted by Gasteiger charge is 2.11. The van der Waals surface area contributed by atoms with E-state index in [2.05, 4.69) is 5.32 Å². The van der Waals surface area contributed by atoms with E-state index < -0.39 is 0 Å². The minimum absolute atomic E-state index is 0.0140. The van der Waals surface area contributed by atoms with Gasteiger partial charge in [-0.1, -0.05) is 11.6 Å². The number of aliphatic hydroxyl groups excluding tert-OH is 2. The smallest absolute Gasteiger partial charge is 0.142 e. The zero-order valence-electron chi connectivity index (χ0n) is 10.0. The summed E-state index contributed by atoms with van der Waals surface area (Å²) in [7, 11) is 1.58. The van der Waals surface area contributed by atoms with Gasteiger partial charge in [0.2, 0.25) is 0 Å². The van der Waals surface area contributed by atoms with E-state index in [1.54, 1.807) is 13.2 Å². The van der Waals surface area contributed by atoms with E-state index in [4.69, 9.17) is 26.6 Å². The third-order valence-corrected chi connectivity index (χ3v) is 2.95. The molecule has 0 aliphatic carbocycles. The lowest BCUT2D eigenvalue weighted by Crippen LogP contribution is -2.25. The van der Waals surface area contributed by atoms with Crippen molar-refractivity contribution in [3.8, 4) is 5.75 Å². The molecule has 0 saturated heterocycles. The van der Waals surface area contributed by atoms with Crippen LogP contribution in [0, 0.1) is 6.92 Å². The van der Waals surface area contributed by atoms with Gasteiger partial charge >= 0.3 is 0 Å². The molecule has 0 amide bonds. The van der Waals surface area contributed by atoms with Crippen LogP contribution >= 0.6 is 11.6 Å². The summed E-state index contributed by atoms with van der Waals surface area (Å²) in [4.78, 5) is 0. The predicted molar refractivity (Wildman–Crippen MR) is 68.9 cm³/mol. The van der Waals surface area contributed by atoms with E-state index in [0.717, 1.165) is 11.3 Å². The number of hydrogen-bond donors (Lipinski definition) is 3. The van der Waals surface area contributed by atoms with E-state index in [-0.39, 0.29) is 19.3 Å². The predicted octanol–water partition coefficient (Wildman–Crippen LogP) is 1.81. The molecule has 17 heavy (non-hydrogen) atoms. The van der Waals surface area contributed by atoms with Crippen molar-refractivity contribution in [2.75, 3.05) is 25.6 Å². The Morgan fingerprint density at radius 3 is 2.65 bits per heavy atom. The molecule has 4 nitrogen and oxygen atoms in total. The molecule has 0 radical (unpaired) electrons. The maximum atomic E-state index is 9.16. The number of hydrogen-bond acceptors (Lipinski definition) is 4. The van der Waals surface area contributed by atoms with E-state index in [1.165, 1.54) is 0 Å². The van der Waals surface area contributed by atoms with Crippen molar-refractivity contribution in [3.63, 3.8) is 0 Å². The van der Waals surface area contributed by atoms with Gasteiger partial charge in [0.15, 0.2) is 0 Å². The summed E-state index contributed by atoms with van der Waals surface area (Å²) in [6.07, 6.45) is 0.463. The summed E-state index contributed by atoms with van der Waals surface area (Å²) in [5.74, 6) is 0.670. The van der Waals surface area contributed by atoms with Crippen molar-refractivity contribution in [1.82, 2.24) is 0 Å². The first-order valence-corrected chi connectivity index (χ1v) is 5.82. The van der Waals surface area contributed by atoms with Crippen molar-refractivity contribution in [2.24, 2.45) is 0 Å². The Bertz CT molecular complexity index is 371. The Labute approximate surface area is 106 Å². The minimum Gasteiger partial charge on any atom is -0.495 e. The second-order valence-corrected chi connectivity index (χ2v) is 4.24. The van der Waals surface area contributed by atoms with Crippen molar-refractivity contribution in [2.45, 2.75) is 19.4 Å². The topological polar surface area (TPSA) is 61.7 Å². The largest absolute Gasteiger partial charge is 0.495 e. The van der Waals surface area contributed by atoms with Gasteiger partial charge in [0.25, 0.3) is 0 Å². The number of anilines is 1. The molecule has 96 valence electrons. The Hall–Kier alpha value is -0.970. The van der Waals surface area contributed by atoms with Crippen LogP contribution in [0.25, 0.3) is 0 Å². The number of aliphatic hydroxyl groups is 2. The van der Waals surface area contributed by atoms with Crippen LogP contribution in [0.3, 0.4) is 0 Å². The molecule has 5 heteroatoms. The van der Waals surface area contributed by atoms with Crippen LogP contribution in [-0.2, 0) is 0 Å². The zero-order chi connectivity index (χ0) is 12.8. The molecule has 0 fully saturated rings. The lowest BCUT2D eigenvalue weighted by atomic mass is 10.1. The van der Waals surface area contributed by atoms with Crippen LogP contribution in [0.4, 0.5) is 5.69 Å². The van der Waals surface area contributed by atoms with Gasteiger partial charge in [0.1, 0.15) is 5.75 Å². The normalized spacial score (nSPS) is 12.3. The summed E-state index contributed by atoms with van der Waals surface area (Å²) in [5, 5.41) is 21.8. The SMILES string of the molecule is COc1cc(C)c(Cl)cc1NC(CO)CCO. The number of methoxy groups -OCH3 is 1. The first-order chi connectivity index (χ1) is 8.12. The average Bonchev–Trinajstić information content (AvgIpc) is 2.32. The van der Waals surface area contributed by atoms with E-state index in [9.17, 15) is 0 Å². The molecule has 1 rings (SSSR count). The molecule has 1 aromatic rings. The van der Waals surface area contributed by atoms with Crippen LogP contribution in [0.15, 0.2) is 12.1 Å². The number of nitrogens with one attached hydrogen (secondary N) is 1. The summed E-state index contributed by atoms with van der Waals surface area (Å²) < 4.78 is 5.24. The third kappa shape index (κ3) is 3.77. The fourth-order valence-corrected chi connectivity index (χ4v) is 1.69. The molecule has 0 heterocycles. The van der Waals surface area contributed by atoms with Crippen molar-refractivity contribution in [3.05, 3.63) is 22.7 Å². The van der Waals surface area contributed by atoms with Gasteiger partial charge in [-0.25, -0.2) is 0 Å². The first kappa shape index (κ1) is 14.1. The molecule has 0 aliphatic rings. The van der Waals surface area contributed by atoms with Crippen LogP contribution < -0.4 is 10.1 Å². The molecule has 0 bridgehead atoms. The summed E-state index contributed by atoms with van der Waals surface area (Å²) in [6.45, 7) is 1.85. The van der Waals surface area contributed by atoms with Crippen LogP contribution in [-0.4, -0.2) is 36.6 Å². The van der Waals surface area contributed by atoms with Crippen LogP contribution in [0.1, 0.15) is 12.0 Å². The van der Waals surface area contributed by atoms with E-state index in [1.807, 2.05) is 13.0 Å². The maximum Gasteiger partial charge on any atom is 0.142 e. The minimum atomic E-state index is -0.215. The highest BCUT2D eigenvalue weighted by Crippen LogP contribution is 2.31. The number of rotatable bonds is 6. The molecule has 0 spiro atoms. The Morgan fingerprint density at radius 2 is 2.12 bits per heavy atom. The lowest BCUT2D eigenvalue weighted by molar-refractivity contribution is 0.228. The van der Waals surface area contributed by atoms with Gasteiger partial charge in [-0.05, 0) is 31.0 Å². The standard InChI is InChI=1S/C12H18ClNO3/c1-8-5-12(17-2)11(6-10(8)13)14-9(7-16)3-4-15/h5-6,9,14-16H,3-4,7H2,1-2H3. The number of halogens is 1. The average molecular weight is 260 g/mol. The summed E-state index contributed by atoms with van der Waals surface area (Å²) >= 11 is 6.04. The second-order valence-electron chi connectivity index (χ2n) is 3.84. The number of benzene rings is 1. The van der Waals surface area contributed by atoms with Gasteiger partial charge in [-0.2, -0.15) is 0 Å². The lowest BCUT2D eigenvalue weighted by Gasteiger charge is -2.19. The van der Waals surface area contributed by atoms with Gasteiger partial charge in [-0.15, -0.1) is 0 Å². The zero-order valence-corrected chi connectivity index (χ0v) is 10.8. The van der Waals surface area contributed by atoms with Gasteiger partial charge in [0, 0.05) is 11.6 Å². The van der Waals surface area contributed by atoms with Gasteiger partial charge in [0.05, 0.1) is 25.4 Å². The molecular formula is C12H18ClNO3. The Balaban J connectivity index is 2.91. The Kier molecular flexibility index (Phi) is 5.55. The van der Waals surface area contributed by atoms with Crippen molar-refractivity contribution in [1.29, 1.82) is 0 Å². The highest BCUT2D eigenvalue weighted by atomic mass is 35.5. The van der Waals surface area contributed by atoms with Gasteiger partial charge in [-0.3, -0.25) is 0 Å². The third-order valence-electron chi connectivity index (χ3n) is 2.54. The fraction of sp³-hybridized carbons (Fsp3) is 0.500. The maximum absolute atomic E-state index is 9.16. The molecule has 1 atom stereocenters. The first-order valence-electron chi connectivity index (χ1n) is 5.44. The van der Waals surface area contributed by atoms with Gasteiger partial charge < -0.3 is 20.3 Å². The number of ether oxygens (including phenoxy) is 1. The van der Waals surface area contributed by atoms with Crippen LogP contribution in [0.2, 0.25) is 5.02 Å². The molecule has 0 aromatic heterocycles. The van der Waals surface area contributed by atoms with Crippen molar-refractivity contribution < 1.29 is 14.9 Å². The monoisotopic (exact) mass is 259 g/mol. The highest BCUT2D eigenvalue weighted by molar-refractivity contribution is 6.31. The molecule has 1 unspecified atom stereocenters. The van der Waals surface area contributed by atoms with E-state index >= 15 is 0 Å². The molecule has 0 saturated carbocycles. The molecule has 3 N–H and O–H groups in total. The number of aryl methyl sites for hydroxylation is 1. The molecular weight excluding hydrogens is 242 g/mol. The molecule has 0 aliphatic heterocycles. The van der Waals surface area contributed by atoms with Crippen molar-refractivity contribution >= 4 is 17.3 Å². The van der Waals surface area contributed by atoms with E-state index in [0.29, 0.717) is 17.2 Å². The quantitative estimate of drug-likeness (QED) is 0.729. The second kappa shape index (κ2) is 6.69. The fourth-order valence-electron chi connectivity index (χ4n) is 1.52. The van der Waals surface area contributed by atoms with Crippen LogP contribution in [0.5, 0.6) is 5.75 Å². The molecule has 1 aromatic carbocycles. The summed E-state index contributed by atoms with van der Waals surface area (Å²) in [5.41, 5.74) is 1.65.